The first-order valence-corrected chi connectivity index (χ1v) is 12.9. The number of hydrogen-bond acceptors (Lipinski definition) is 7. The molecular weight excluding hydrogens is 446 g/mol. The van der Waals surface area contributed by atoms with Crippen molar-refractivity contribution in [2.75, 3.05) is 12.8 Å². The van der Waals surface area contributed by atoms with Crippen LogP contribution in [-0.4, -0.2) is 32.7 Å². The van der Waals surface area contributed by atoms with Gasteiger partial charge in [-0.05, 0) is 23.4 Å². The summed E-state index contributed by atoms with van der Waals surface area (Å²) in [5.41, 5.74) is 6.18. The molecule has 3 heterocycles. The van der Waals surface area contributed by atoms with Crippen molar-refractivity contribution < 1.29 is 0 Å². The van der Waals surface area contributed by atoms with Gasteiger partial charge < -0.3 is 5.32 Å². The summed E-state index contributed by atoms with van der Waals surface area (Å²) in [5.74, 6) is 0. The first kappa shape index (κ1) is 21.7. The quantitative estimate of drug-likeness (QED) is 0.174. The second-order valence-electron chi connectivity index (χ2n) is 7.57. The summed E-state index contributed by atoms with van der Waals surface area (Å²) >= 11 is 3.23. The Balaban J connectivity index is 1.42. The Kier molecular flexibility index (Phi) is 6.71. The number of thiazole rings is 1. The van der Waals surface area contributed by atoms with E-state index in [1.165, 1.54) is 22.3 Å². The summed E-state index contributed by atoms with van der Waals surface area (Å²) < 4.78 is 0. The Morgan fingerprint density at radius 1 is 0.939 bits per heavy atom. The van der Waals surface area contributed by atoms with Crippen LogP contribution in [0.25, 0.3) is 33.4 Å². The molecule has 5 nitrogen and oxygen atoms in total. The average Bonchev–Trinajstić information content (AvgIpc) is 3.40. The first-order valence-electron chi connectivity index (χ1n) is 10.8. The maximum atomic E-state index is 4.98. The maximum Gasteiger partial charge on any atom is 0.189 e. The van der Waals surface area contributed by atoms with Crippen molar-refractivity contribution in [1.29, 1.82) is 0 Å². The lowest BCUT2D eigenvalue weighted by Crippen LogP contribution is -2.16. The predicted molar refractivity (Wildman–Crippen MR) is 138 cm³/mol. The van der Waals surface area contributed by atoms with Gasteiger partial charge in [0.05, 0.1) is 10.7 Å². The Morgan fingerprint density at radius 2 is 1.79 bits per heavy atom. The van der Waals surface area contributed by atoms with Crippen molar-refractivity contribution in [1.82, 2.24) is 25.3 Å². The van der Waals surface area contributed by atoms with Crippen molar-refractivity contribution in [2.45, 2.75) is 18.1 Å². The van der Waals surface area contributed by atoms with Gasteiger partial charge in [0.1, 0.15) is 0 Å². The van der Waals surface area contributed by atoms with Crippen LogP contribution in [0.1, 0.15) is 10.6 Å². The second kappa shape index (κ2) is 10.2. The minimum absolute atomic E-state index is 0.719. The van der Waals surface area contributed by atoms with Crippen LogP contribution in [0.5, 0.6) is 0 Å². The minimum atomic E-state index is 0.719. The van der Waals surface area contributed by atoms with Gasteiger partial charge in [0.25, 0.3) is 0 Å². The van der Waals surface area contributed by atoms with Gasteiger partial charge >= 0.3 is 0 Å². The van der Waals surface area contributed by atoms with E-state index in [0.717, 1.165) is 58.1 Å². The normalized spacial score (nSPS) is 11.2. The number of benzene rings is 2. The molecule has 1 N–H and O–H groups in total. The molecule has 5 aromatic rings. The van der Waals surface area contributed by atoms with E-state index in [1.807, 2.05) is 30.1 Å². The lowest BCUT2D eigenvalue weighted by molar-refractivity contribution is 0.685. The molecule has 0 aliphatic heterocycles. The molecule has 0 saturated heterocycles. The van der Waals surface area contributed by atoms with E-state index in [1.54, 1.807) is 11.3 Å². The van der Waals surface area contributed by atoms with Crippen LogP contribution in [0.2, 0.25) is 0 Å². The zero-order valence-electron chi connectivity index (χ0n) is 18.2. The van der Waals surface area contributed by atoms with E-state index in [0.29, 0.717) is 0 Å². The third-order valence-corrected chi connectivity index (χ3v) is 6.77. The van der Waals surface area contributed by atoms with Crippen molar-refractivity contribution >= 4 is 34.1 Å². The summed E-state index contributed by atoms with van der Waals surface area (Å²) in [6.45, 7) is 1.74. The molecule has 0 amide bonds. The van der Waals surface area contributed by atoms with Crippen LogP contribution in [0, 0.1) is 0 Å². The van der Waals surface area contributed by atoms with Crippen LogP contribution in [0.3, 0.4) is 0 Å². The van der Waals surface area contributed by atoms with Gasteiger partial charge in [0.15, 0.2) is 10.8 Å². The van der Waals surface area contributed by atoms with Gasteiger partial charge in [0.2, 0.25) is 0 Å². The molecule has 33 heavy (non-hydrogen) atoms. The molecule has 0 atom stereocenters. The van der Waals surface area contributed by atoms with Crippen molar-refractivity contribution in [3.05, 3.63) is 89.0 Å². The molecule has 0 aliphatic carbocycles. The third kappa shape index (κ3) is 5.11. The molecule has 0 saturated carbocycles. The Bertz CT molecular complexity index is 1340. The first-order chi connectivity index (χ1) is 16.3. The van der Waals surface area contributed by atoms with Gasteiger partial charge in [-0.25, -0.2) is 19.9 Å². The van der Waals surface area contributed by atoms with Gasteiger partial charge in [0, 0.05) is 53.8 Å². The number of aromatic nitrogens is 4. The van der Waals surface area contributed by atoms with Crippen LogP contribution in [0.15, 0.2) is 83.6 Å². The fourth-order valence-corrected chi connectivity index (χ4v) is 4.65. The fraction of sp³-hybridized carbons (Fsp3) is 0.154. The van der Waals surface area contributed by atoms with Crippen molar-refractivity contribution in [3.63, 3.8) is 0 Å². The zero-order valence-corrected chi connectivity index (χ0v) is 19.9. The Morgan fingerprint density at radius 3 is 2.55 bits per heavy atom. The lowest BCUT2D eigenvalue weighted by Gasteiger charge is -2.12. The van der Waals surface area contributed by atoms with Gasteiger partial charge in [-0.3, -0.25) is 0 Å². The van der Waals surface area contributed by atoms with Crippen LogP contribution >= 0.6 is 23.1 Å². The largest absolute Gasteiger partial charge is 0.312 e. The van der Waals surface area contributed by atoms with E-state index in [9.17, 15) is 0 Å². The van der Waals surface area contributed by atoms with E-state index in [2.05, 4.69) is 74.9 Å². The molecule has 164 valence electrons. The fourth-order valence-electron chi connectivity index (χ4n) is 3.69. The van der Waals surface area contributed by atoms with Gasteiger partial charge in [-0.1, -0.05) is 66.4 Å². The van der Waals surface area contributed by atoms with Crippen LogP contribution in [-0.2, 0) is 13.0 Å². The third-order valence-electron chi connectivity index (χ3n) is 5.37. The topological polar surface area (TPSA) is 63.6 Å². The minimum Gasteiger partial charge on any atom is -0.312 e. The lowest BCUT2D eigenvalue weighted by atomic mass is 9.98. The molecule has 0 bridgehead atoms. The molecule has 0 unspecified atom stereocenters. The highest BCUT2D eigenvalue weighted by Crippen LogP contribution is 2.33. The number of nitrogens with zero attached hydrogens (tertiary/aromatic N) is 4. The van der Waals surface area contributed by atoms with E-state index in [-0.39, 0.29) is 0 Å². The number of nitrogens with one attached hydrogen (secondary N) is 1. The van der Waals surface area contributed by atoms with Crippen molar-refractivity contribution in [2.24, 2.45) is 0 Å². The van der Waals surface area contributed by atoms with Crippen LogP contribution < -0.4 is 5.32 Å². The summed E-state index contributed by atoms with van der Waals surface area (Å²) in [5, 5.41) is 8.36. The number of pyridine rings is 1. The summed E-state index contributed by atoms with van der Waals surface area (Å²) in [4.78, 5) is 18.4. The number of rotatable bonds is 8. The van der Waals surface area contributed by atoms with Gasteiger partial charge in [-0.2, -0.15) is 0 Å². The second-order valence-corrected chi connectivity index (χ2v) is 9.32. The molecular formula is C26H23N5S2. The van der Waals surface area contributed by atoms with E-state index in [4.69, 9.17) is 4.98 Å². The standard InChI is InChI=1S/C26H23N5S2/c1-32-26-29-17-21-15-22(19-5-3-2-4-6-19)24(30-25(21)31-26)20-9-7-18(8-10-20)16-27-12-11-23-28-13-14-33-23/h2-10,13-15,17,27H,11-12,16H2,1H3. The zero-order chi connectivity index (χ0) is 22.5. The highest BCUT2D eigenvalue weighted by molar-refractivity contribution is 7.98. The van der Waals surface area contributed by atoms with Gasteiger partial charge in [-0.15, -0.1) is 11.3 Å². The van der Waals surface area contributed by atoms with E-state index >= 15 is 0 Å². The predicted octanol–water partition coefficient (Wildman–Crippen LogP) is 5.87. The number of thioether (sulfide) groups is 1. The monoisotopic (exact) mass is 469 g/mol. The van der Waals surface area contributed by atoms with Crippen molar-refractivity contribution in [3.8, 4) is 22.4 Å². The number of fused-ring (bicyclic) bond motifs is 1. The SMILES string of the molecule is CSc1ncc2cc(-c3ccccc3)c(-c3ccc(CNCCc4nccs4)cc3)nc2n1. The molecule has 0 spiro atoms. The summed E-state index contributed by atoms with van der Waals surface area (Å²) in [6, 6.07) is 21.1. The highest BCUT2D eigenvalue weighted by atomic mass is 32.2. The highest BCUT2D eigenvalue weighted by Gasteiger charge is 2.13. The molecule has 0 radical (unpaired) electrons. The molecule has 2 aromatic carbocycles. The molecule has 5 rings (SSSR count). The molecule has 0 fully saturated rings. The number of hydrogen-bond donors (Lipinski definition) is 1. The average molecular weight is 470 g/mol. The smallest absolute Gasteiger partial charge is 0.189 e. The summed E-state index contributed by atoms with van der Waals surface area (Å²) in [6.07, 6.45) is 6.65. The maximum absolute atomic E-state index is 4.98. The molecule has 3 aromatic heterocycles. The van der Waals surface area contributed by atoms with Crippen LogP contribution in [0.4, 0.5) is 0 Å². The Labute approximate surface area is 201 Å². The Hall–Kier alpha value is -3.13. The summed E-state index contributed by atoms with van der Waals surface area (Å²) in [7, 11) is 0. The molecule has 0 aliphatic rings. The van der Waals surface area contributed by atoms with E-state index < -0.39 is 0 Å². The molecule has 7 heteroatoms.